The first-order valence-electron chi connectivity index (χ1n) is 6.43. The smallest absolute Gasteiger partial charge is 0.141 e. The van der Waals surface area contributed by atoms with Crippen molar-refractivity contribution in [2.24, 2.45) is 5.73 Å². The van der Waals surface area contributed by atoms with Crippen LogP contribution in [0, 0.1) is 5.82 Å². The molecule has 4 heteroatoms. The van der Waals surface area contributed by atoms with E-state index in [4.69, 9.17) is 5.73 Å². The number of hydrogen-bond acceptors (Lipinski definition) is 3. The minimum absolute atomic E-state index is 0.216. The molecule has 0 saturated carbocycles. The van der Waals surface area contributed by atoms with Crippen LogP contribution in [0.4, 0.5) is 10.2 Å². The molecular formula is C15H16FN3. The molecule has 2 heterocycles. The molecule has 0 radical (unpaired) electrons. The molecule has 1 aromatic heterocycles. The van der Waals surface area contributed by atoms with Crippen molar-refractivity contribution in [1.29, 1.82) is 0 Å². The highest BCUT2D eigenvalue weighted by atomic mass is 19.1. The summed E-state index contributed by atoms with van der Waals surface area (Å²) in [7, 11) is 0. The highest BCUT2D eigenvalue weighted by molar-refractivity contribution is 5.45. The van der Waals surface area contributed by atoms with Gasteiger partial charge in [0.15, 0.2) is 0 Å². The van der Waals surface area contributed by atoms with E-state index in [0.717, 1.165) is 18.8 Å². The molecule has 0 aliphatic carbocycles. The van der Waals surface area contributed by atoms with E-state index in [1.165, 1.54) is 23.4 Å². The summed E-state index contributed by atoms with van der Waals surface area (Å²) in [5.74, 6) is 0.469. The summed E-state index contributed by atoms with van der Waals surface area (Å²) in [4.78, 5) is 6.32. The second kappa shape index (κ2) is 4.97. The van der Waals surface area contributed by atoms with Crippen LogP contribution in [-0.4, -0.2) is 17.6 Å². The number of pyridine rings is 1. The Morgan fingerprint density at radius 1 is 1.21 bits per heavy atom. The molecule has 0 amide bonds. The van der Waals surface area contributed by atoms with Crippen molar-refractivity contribution < 1.29 is 4.39 Å². The lowest BCUT2D eigenvalue weighted by Crippen LogP contribution is -2.45. The summed E-state index contributed by atoms with van der Waals surface area (Å²) in [6.45, 7) is 1.34. The number of rotatable bonds is 2. The topological polar surface area (TPSA) is 42.1 Å². The van der Waals surface area contributed by atoms with Crippen molar-refractivity contribution in [2.45, 2.75) is 19.0 Å². The molecule has 1 aromatic carbocycles. The van der Waals surface area contributed by atoms with Gasteiger partial charge >= 0.3 is 0 Å². The van der Waals surface area contributed by atoms with Crippen molar-refractivity contribution in [1.82, 2.24) is 4.98 Å². The first-order chi connectivity index (χ1) is 9.28. The Morgan fingerprint density at radius 3 is 2.68 bits per heavy atom. The van der Waals surface area contributed by atoms with Gasteiger partial charge in [-0.15, -0.1) is 0 Å². The second-order valence-corrected chi connectivity index (χ2v) is 4.82. The van der Waals surface area contributed by atoms with Gasteiger partial charge in [-0.2, -0.15) is 0 Å². The molecule has 98 valence electrons. The third-order valence-corrected chi connectivity index (χ3v) is 3.63. The maximum atomic E-state index is 13.0. The summed E-state index contributed by atoms with van der Waals surface area (Å²) in [5, 5.41) is 0. The lowest BCUT2D eigenvalue weighted by molar-refractivity contribution is 0.553. The minimum atomic E-state index is -0.314. The number of fused-ring (bicyclic) bond motifs is 1. The Balaban J connectivity index is 1.95. The van der Waals surface area contributed by atoms with Gasteiger partial charge in [0.05, 0.1) is 6.20 Å². The zero-order valence-corrected chi connectivity index (χ0v) is 10.6. The number of aromatic nitrogens is 1. The quantitative estimate of drug-likeness (QED) is 0.896. The fraction of sp³-hybridized carbons (Fsp3) is 0.267. The maximum Gasteiger partial charge on any atom is 0.141 e. The molecule has 19 heavy (non-hydrogen) atoms. The molecule has 1 atom stereocenters. The maximum absolute atomic E-state index is 13.0. The highest BCUT2D eigenvalue weighted by Gasteiger charge is 2.25. The van der Waals surface area contributed by atoms with Gasteiger partial charge in [-0.05, 0) is 29.7 Å². The normalized spacial score (nSPS) is 18.2. The van der Waals surface area contributed by atoms with Crippen molar-refractivity contribution in [2.75, 3.05) is 11.4 Å². The molecule has 1 aliphatic heterocycles. The van der Waals surface area contributed by atoms with Crippen LogP contribution in [0.3, 0.4) is 0 Å². The van der Waals surface area contributed by atoms with Gasteiger partial charge < -0.3 is 10.6 Å². The first kappa shape index (κ1) is 12.1. The van der Waals surface area contributed by atoms with Gasteiger partial charge in [0.2, 0.25) is 0 Å². The Labute approximate surface area is 111 Å². The summed E-state index contributed by atoms with van der Waals surface area (Å²) in [6, 6.07) is 11.7. The Morgan fingerprint density at radius 2 is 2.00 bits per heavy atom. The van der Waals surface area contributed by atoms with E-state index in [1.54, 1.807) is 6.07 Å². The van der Waals surface area contributed by atoms with Crippen LogP contribution in [0.5, 0.6) is 0 Å². The van der Waals surface area contributed by atoms with Crippen LogP contribution >= 0.6 is 0 Å². The number of nitrogens with zero attached hydrogens (tertiary/aromatic N) is 2. The van der Waals surface area contributed by atoms with E-state index in [-0.39, 0.29) is 11.9 Å². The number of halogens is 1. The molecule has 2 N–H and O–H groups in total. The monoisotopic (exact) mass is 257 g/mol. The Hall–Kier alpha value is -1.94. The molecule has 1 unspecified atom stereocenters. The molecule has 0 saturated heterocycles. The molecular weight excluding hydrogens is 241 g/mol. The van der Waals surface area contributed by atoms with Crippen molar-refractivity contribution in [3.05, 3.63) is 59.5 Å². The summed E-state index contributed by atoms with van der Waals surface area (Å²) < 4.78 is 13.0. The van der Waals surface area contributed by atoms with Gasteiger partial charge in [-0.25, -0.2) is 9.37 Å². The van der Waals surface area contributed by atoms with Gasteiger partial charge in [-0.1, -0.05) is 24.3 Å². The predicted octanol–water partition coefficient (Wildman–Crippen LogP) is 2.11. The van der Waals surface area contributed by atoms with Crippen LogP contribution in [0.15, 0.2) is 42.6 Å². The molecule has 0 spiro atoms. The number of anilines is 1. The van der Waals surface area contributed by atoms with Crippen molar-refractivity contribution >= 4 is 5.82 Å². The van der Waals surface area contributed by atoms with Crippen molar-refractivity contribution in [3.63, 3.8) is 0 Å². The molecule has 0 bridgehead atoms. The van der Waals surface area contributed by atoms with Crippen LogP contribution in [-0.2, 0) is 13.0 Å². The van der Waals surface area contributed by atoms with Crippen LogP contribution in [0.1, 0.15) is 11.1 Å². The zero-order valence-electron chi connectivity index (χ0n) is 10.6. The molecule has 2 aromatic rings. The summed E-state index contributed by atoms with van der Waals surface area (Å²) in [5.41, 5.74) is 8.51. The summed E-state index contributed by atoms with van der Waals surface area (Å²) >= 11 is 0. The molecule has 0 fully saturated rings. The fourth-order valence-electron chi connectivity index (χ4n) is 2.60. The predicted molar refractivity (Wildman–Crippen MR) is 73.4 cm³/mol. The lowest BCUT2D eigenvalue weighted by atomic mass is 9.94. The van der Waals surface area contributed by atoms with E-state index in [2.05, 4.69) is 28.1 Å². The zero-order chi connectivity index (χ0) is 13.2. The van der Waals surface area contributed by atoms with Gasteiger partial charge in [0.25, 0.3) is 0 Å². The van der Waals surface area contributed by atoms with E-state index < -0.39 is 0 Å². The minimum Gasteiger partial charge on any atom is -0.348 e. The number of benzene rings is 1. The average Bonchev–Trinajstić information content (AvgIpc) is 2.46. The third kappa shape index (κ3) is 2.31. The molecule has 3 rings (SSSR count). The number of hydrogen-bond donors (Lipinski definition) is 1. The Bertz CT molecular complexity index is 568. The highest BCUT2D eigenvalue weighted by Crippen LogP contribution is 2.26. The first-order valence-corrected chi connectivity index (χ1v) is 6.43. The largest absolute Gasteiger partial charge is 0.348 e. The second-order valence-electron chi connectivity index (χ2n) is 4.82. The van der Waals surface area contributed by atoms with Gasteiger partial charge in [-0.3, -0.25) is 0 Å². The van der Waals surface area contributed by atoms with Crippen LogP contribution in [0.25, 0.3) is 0 Å². The van der Waals surface area contributed by atoms with Crippen LogP contribution < -0.4 is 10.6 Å². The van der Waals surface area contributed by atoms with Gasteiger partial charge in [0, 0.05) is 19.1 Å². The summed E-state index contributed by atoms with van der Waals surface area (Å²) in [6.07, 6.45) is 2.16. The Kier molecular flexibility index (Phi) is 3.17. The lowest BCUT2D eigenvalue weighted by Gasteiger charge is -2.37. The molecule has 3 nitrogen and oxygen atoms in total. The van der Waals surface area contributed by atoms with E-state index in [9.17, 15) is 4.39 Å². The van der Waals surface area contributed by atoms with E-state index >= 15 is 0 Å². The molecule has 1 aliphatic rings. The SMILES string of the molecule is NCC1Cc2ccccc2CN1c1ccc(F)cn1. The van der Waals surface area contributed by atoms with E-state index in [0.29, 0.717) is 6.54 Å². The van der Waals surface area contributed by atoms with Crippen molar-refractivity contribution in [3.8, 4) is 0 Å². The number of nitrogens with two attached hydrogens (primary N) is 1. The standard InChI is InChI=1S/C15H16FN3/c16-13-5-6-15(18-9-13)19-10-12-4-2-1-3-11(12)7-14(19)8-17/h1-6,9,14H,7-8,10,17H2. The van der Waals surface area contributed by atoms with E-state index in [1.807, 2.05) is 6.07 Å². The van der Waals surface area contributed by atoms with Crippen LogP contribution in [0.2, 0.25) is 0 Å². The average molecular weight is 257 g/mol. The fourth-order valence-corrected chi connectivity index (χ4v) is 2.60. The van der Waals surface area contributed by atoms with Gasteiger partial charge in [0.1, 0.15) is 11.6 Å². The third-order valence-electron chi connectivity index (χ3n) is 3.63.